The van der Waals surface area contributed by atoms with Crippen LogP contribution in [0.5, 0.6) is 0 Å². The number of anilines is 1. The van der Waals surface area contributed by atoms with Gasteiger partial charge in [-0.05, 0) is 35.9 Å². The molecule has 0 fully saturated rings. The van der Waals surface area contributed by atoms with Crippen LogP contribution in [-0.4, -0.2) is 10.7 Å². The van der Waals surface area contributed by atoms with Gasteiger partial charge in [-0.1, -0.05) is 19.4 Å². The Kier molecular flexibility index (Phi) is 4.26. The molecular weight excluding hydrogens is 228 g/mol. The Balaban J connectivity index is 2.20. The first-order valence-electron chi connectivity index (χ1n) is 6.02. The lowest BCUT2D eigenvalue weighted by Crippen LogP contribution is -1.93. The molecule has 2 N–H and O–H groups in total. The number of hydrogen-bond acceptors (Lipinski definition) is 3. The summed E-state index contributed by atoms with van der Waals surface area (Å²) in [6.45, 7) is 2.22. The molecule has 0 aliphatic rings. The van der Waals surface area contributed by atoms with E-state index in [2.05, 4.69) is 18.0 Å². The van der Waals surface area contributed by atoms with Crippen LogP contribution in [0.25, 0.3) is 10.9 Å². The van der Waals surface area contributed by atoms with Crippen molar-refractivity contribution in [2.75, 3.05) is 11.5 Å². The lowest BCUT2D eigenvalue weighted by molar-refractivity contribution is 0.896. The summed E-state index contributed by atoms with van der Waals surface area (Å²) >= 11 is 1.97. The maximum Gasteiger partial charge on any atom is 0.0763 e. The van der Waals surface area contributed by atoms with Gasteiger partial charge < -0.3 is 5.73 Å². The van der Waals surface area contributed by atoms with E-state index in [0.29, 0.717) is 0 Å². The van der Waals surface area contributed by atoms with E-state index >= 15 is 0 Å². The van der Waals surface area contributed by atoms with Gasteiger partial charge in [0.15, 0.2) is 0 Å². The van der Waals surface area contributed by atoms with Crippen LogP contribution in [0.1, 0.15) is 25.3 Å². The van der Waals surface area contributed by atoms with Gasteiger partial charge in [-0.25, -0.2) is 0 Å². The zero-order valence-electron chi connectivity index (χ0n) is 10.1. The zero-order valence-corrected chi connectivity index (χ0v) is 11.0. The minimum absolute atomic E-state index is 0.815. The summed E-state index contributed by atoms with van der Waals surface area (Å²) in [4.78, 5) is 4.45. The fourth-order valence-electron chi connectivity index (χ4n) is 1.80. The van der Waals surface area contributed by atoms with E-state index in [4.69, 9.17) is 5.73 Å². The Morgan fingerprint density at radius 2 is 2.18 bits per heavy atom. The number of aromatic nitrogens is 1. The monoisotopic (exact) mass is 246 g/mol. The molecule has 17 heavy (non-hydrogen) atoms. The summed E-state index contributed by atoms with van der Waals surface area (Å²) in [5.41, 5.74) is 9.11. The van der Waals surface area contributed by atoms with Gasteiger partial charge in [-0.3, -0.25) is 4.98 Å². The third-order valence-corrected chi connectivity index (χ3v) is 3.88. The molecular formula is C14H18N2S. The number of pyridine rings is 1. The second kappa shape index (κ2) is 5.92. The number of fused-ring (bicyclic) bond motifs is 1. The van der Waals surface area contributed by atoms with E-state index in [0.717, 1.165) is 22.3 Å². The third-order valence-electron chi connectivity index (χ3n) is 2.79. The van der Waals surface area contributed by atoms with Gasteiger partial charge in [0.1, 0.15) is 0 Å². The van der Waals surface area contributed by atoms with Crippen molar-refractivity contribution in [2.24, 2.45) is 0 Å². The van der Waals surface area contributed by atoms with Crippen LogP contribution in [0.2, 0.25) is 0 Å². The summed E-state index contributed by atoms with van der Waals surface area (Å²) in [6.07, 6.45) is 4.38. The van der Waals surface area contributed by atoms with Crippen molar-refractivity contribution >= 4 is 28.4 Å². The van der Waals surface area contributed by atoms with Gasteiger partial charge >= 0.3 is 0 Å². The van der Waals surface area contributed by atoms with Crippen LogP contribution in [0.3, 0.4) is 0 Å². The summed E-state index contributed by atoms with van der Waals surface area (Å²) in [5.74, 6) is 2.24. The quantitative estimate of drug-likeness (QED) is 0.643. The molecule has 0 bridgehead atoms. The molecule has 0 unspecified atom stereocenters. The van der Waals surface area contributed by atoms with Gasteiger partial charge in [-0.15, -0.1) is 0 Å². The summed E-state index contributed by atoms with van der Waals surface area (Å²) in [5, 5.41) is 1.07. The molecule has 0 spiro atoms. The van der Waals surface area contributed by atoms with Crippen LogP contribution >= 0.6 is 11.8 Å². The van der Waals surface area contributed by atoms with Gasteiger partial charge in [0.25, 0.3) is 0 Å². The molecule has 1 aromatic heterocycles. The van der Waals surface area contributed by atoms with Crippen molar-refractivity contribution < 1.29 is 0 Å². The highest BCUT2D eigenvalue weighted by atomic mass is 32.2. The molecule has 2 nitrogen and oxygen atoms in total. The number of rotatable bonds is 5. The van der Waals surface area contributed by atoms with Gasteiger partial charge in [0.05, 0.1) is 5.52 Å². The molecule has 2 aromatic rings. The predicted molar refractivity (Wildman–Crippen MR) is 77.2 cm³/mol. The molecule has 1 aromatic carbocycles. The second-order valence-corrected chi connectivity index (χ2v) is 5.22. The SMILES string of the molecule is CCCCSCc1ccc(N)c2cccnc12. The van der Waals surface area contributed by atoms with Crippen molar-refractivity contribution in [1.29, 1.82) is 0 Å². The van der Waals surface area contributed by atoms with Crippen molar-refractivity contribution in [1.82, 2.24) is 4.98 Å². The molecule has 0 aliphatic heterocycles. The number of benzene rings is 1. The maximum atomic E-state index is 5.95. The molecule has 90 valence electrons. The number of hydrogen-bond donors (Lipinski definition) is 1. The van der Waals surface area contributed by atoms with E-state index in [-0.39, 0.29) is 0 Å². The second-order valence-electron chi connectivity index (χ2n) is 4.12. The average molecular weight is 246 g/mol. The average Bonchev–Trinajstić information content (AvgIpc) is 2.37. The van der Waals surface area contributed by atoms with Gasteiger partial charge in [0, 0.05) is 23.0 Å². The van der Waals surface area contributed by atoms with Crippen LogP contribution < -0.4 is 5.73 Å². The zero-order chi connectivity index (χ0) is 12.1. The van der Waals surface area contributed by atoms with Crippen molar-refractivity contribution in [2.45, 2.75) is 25.5 Å². The smallest absolute Gasteiger partial charge is 0.0763 e. The molecule has 3 heteroatoms. The Morgan fingerprint density at radius 3 is 3.00 bits per heavy atom. The number of unbranched alkanes of at least 4 members (excludes halogenated alkanes) is 1. The number of nitrogen functional groups attached to an aromatic ring is 1. The minimum atomic E-state index is 0.815. The van der Waals surface area contributed by atoms with Crippen LogP contribution in [0.4, 0.5) is 5.69 Å². The highest BCUT2D eigenvalue weighted by Crippen LogP contribution is 2.25. The Hall–Kier alpha value is -1.22. The minimum Gasteiger partial charge on any atom is -0.398 e. The standard InChI is InChI=1S/C14H18N2S/c1-2-3-9-17-10-11-6-7-13(15)12-5-4-8-16-14(11)12/h4-8H,2-3,9-10,15H2,1H3. The highest BCUT2D eigenvalue weighted by Gasteiger charge is 2.04. The van der Waals surface area contributed by atoms with E-state index < -0.39 is 0 Å². The lowest BCUT2D eigenvalue weighted by Gasteiger charge is -2.07. The molecule has 2 rings (SSSR count). The first-order chi connectivity index (χ1) is 8.33. The molecule has 0 aliphatic carbocycles. The number of thioether (sulfide) groups is 1. The largest absolute Gasteiger partial charge is 0.398 e. The maximum absolute atomic E-state index is 5.95. The first kappa shape index (κ1) is 12.2. The summed E-state index contributed by atoms with van der Waals surface area (Å²) in [7, 11) is 0. The summed E-state index contributed by atoms with van der Waals surface area (Å²) in [6, 6.07) is 8.06. The number of nitrogens with zero attached hydrogens (tertiary/aromatic N) is 1. The normalized spacial score (nSPS) is 10.9. The third kappa shape index (κ3) is 2.91. The fraction of sp³-hybridized carbons (Fsp3) is 0.357. The van der Waals surface area contributed by atoms with Crippen LogP contribution in [0, 0.1) is 0 Å². The molecule has 1 heterocycles. The van der Waals surface area contributed by atoms with Crippen molar-refractivity contribution in [3.63, 3.8) is 0 Å². The topological polar surface area (TPSA) is 38.9 Å². The fourth-order valence-corrected chi connectivity index (χ4v) is 2.89. The number of nitrogens with two attached hydrogens (primary N) is 1. The van der Waals surface area contributed by atoms with E-state index in [1.165, 1.54) is 24.2 Å². The molecule has 0 saturated carbocycles. The first-order valence-corrected chi connectivity index (χ1v) is 7.18. The van der Waals surface area contributed by atoms with Crippen LogP contribution in [0.15, 0.2) is 30.5 Å². The van der Waals surface area contributed by atoms with E-state index in [9.17, 15) is 0 Å². The van der Waals surface area contributed by atoms with Crippen LogP contribution in [-0.2, 0) is 5.75 Å². The van der Waals surface area contributed by atoms with Crippen molar-refractivity contribution in [3.05, 3.63) is 36.0 Å². The molecule has 0 amide bonds. The van der Waals surface area contributed by atoms with Gasteiger partial charge in [0.2, 0.25) is 0 Å². The highest BCUT2D eigenvalue weighted by molar-refractivity contribution is 7.98. The van der Waals surface area contributed by atoms with E-state index in [1.807, 2.05) is 36.2 Å². The van der Waals surface area contributed by atoms with E-state index in [1.54, 1.807) is 0 Å². The Morgan fingerprint density at radius 1 is 1.29 bits per heavy atom. The molecule has 0 saturated heterocycles. The van der Waals surface area contributed by atoms with Crippen molar-refractivity contribution in [3.8, 4) is 0 Å². The molecule has 0 atom stereocenters. The van der Waals surface area contributed by atoms with Gasteiger partial charge in [-0.2, -0.15) is 11.8 Å². The Labute approximate surface area is 107 Å². The summed E-state index contributed by atoms with van der Waals surface area (Å²) < 4.78 is 0. The Bertz CT molecular complexity index is 497. The molecule has 0 radical (unpaired) electrons. The lowest BCUT2D eigenvalue weighted by atomic mass is 10.1. The predicted octanol–water partition coefficient (Wildman–Crippen LogP) is 3.85.